The van der Waals surface area contributed by atoms with Crippen molar-refractivity contribution in [1.82, 2.24) is 0 Å². The Hall–Kier alpha value is 2.37. The van der Waals surface area contributed by atoms with E-state index in [1.54, 1.807) is 0 Å². The summed E-state index contributed by atoms with van der Waals surface area (Å²) >= 11 is 0. The van der Waals surface area contributed by atoms with Gasteiger partial charge in [-0.2, -0.15) is 0 Å². The van der Waals surface area contributed by atoms with E-state index in [1.165, 1.54) is 135 Å². The van der Waals surface area contributed by atoms with Crippen LogP contribution in [0.25, 0.3) is 0 Å². The molecule has 0 bridgehead atoms. The van der Waals surface area contributed by atoms with E-state index in [2.05, 4.69) is 20.8 Å². The molecular weight excluding hydrogens is 1140 g/mol. The van der Waals surface area contributed by atoms with Gasteiger partial charge in [-0.05, 0) is 38.5 Å². The molecule has 0 N–H and O–H groups in total. The summed E-state index contributed by atoms with van der Waals surface area (Å²) in [5.74, 6) is -1.68. The van der Waals surface area contributed by atoms with E-state index in [1.807, 2.05) is 0 Å². The van der Waals surface area contributed by atoms with Crippen LogP contribution < -0.4 is 88.7 Å². The van der Waals surface area contributed by atoms with Crippen molar-refractivity contribution in [1.29, 1.82) is 0 Å². The Labute approximate surface area is 561 Å². The van der Waals surface area contributed by atoms with Gasteiger partial charge in [0, 0.05) is 56.9 Å². The van der Waals surface area contributed by atoms with E-state index in [9.17, 15) is 38.9 Å². The van der Waals surface area contributed by atoms with Gasteiger partial charge in [0.25, 0.3) is 0 Å². The summed E-state index contributed by atoms with van der Waals surface area (Å²) in [7, 11) is -13.3. The maximum atomic E-state index is 11.3. The van der Waals surface area contributed by atoms with Crippen molar-refractivity contribution in [2.24, 2.45) is 0 Å². The fraction of sp³-hybridized carbons (Fsp3) is 1.00. The fourth-order valence-corrected chi connectivity index (χ4v) is 10.1. The maximum absolute atomic E-state index is 11.3. The Bertz CT molecular complexity index is 1530. The summed E-state index contributed by atoms with van der Waals surface area (Å²) in [6, 6.07) is 0. The third-order valence-corrected chi connectivity index (χ3v) is 15.6. The number of hydrogen-bond donors (Lipinski definition) is 0. The third kappa shape index (κ3) is 73.0. The van der Waals surface area contributed by atoms with Crippen LogP contribution in [0.1, 0.15) is 233 Å². The van der Waals surface area contributed by atoms with Crippen molar-refractivity contribution in [3.63, 3.8) is 0 Å². The fourth-order valence-electron chi connectivity index (χ4n) is 8.66. The van der Waals surface area contributed by atoms with E-state index in [0.29, 0.717) is 19.8 Å². The zero-order valence-corrected chi connectivity index (χ0v) is 60.7. The van der Waals surface area contributed by atoms with Crippen molar-refractivity contribution < 1.29 is 170 Å². The number of rotatable bonds is 65. The molecule has 0 aliphatic carbocycles. The van der Waals surface area contributed by atoms with Crippen molar-refractivity contribution >= 4 is 30.4 Å². The van der Waals surface area contributed by atoms with Crippen LogP contribution in [0.4, 0.5) is 0 Å². The average Bonchev–Trinajstić information content (AvgIpc) is 3.38. The zero-order chi connectivity index (χ0) is 57.5. The molecule has 0 heterocycles. The summed E-state index contributed by atoms with van der Waals surface area (Å²) in [6.45, 7) is 8.87. The third-order valence-electron chi connectivity index (χ3n) is 13.2. The summed E-state index contributed by atoms with van der Waals surface area (Å²) in [4.78, 5) is 0. The van der Waals surface area contributed by atoms with Gasteiger partial charge in [0.2, 0.25) is 0 Å². The van der Waals surface area contributed by atoms with Crippen molar-refractivity contribution in [2.45, 2.75) is 257 Å². The molecule has 0 saturated heterocycles. The molecule has 24 heteroatoms. The van der Waals surface area contributed by atoms with Gasteiger partial charge in [-0.25, -0.2) is 25.3 Å². The van der Waals surface area contributed by atoms with E-state index < -0.39 is 72.0 Å². The number of ether oxygens (including phenoxy) is 9. The van der Waals surface area contributed by atoms with Crippen LogP contribution in [-0.2, 0) is 73.0 Å². The summed E-state index contributed by atoms with van der Waals surface area (Å²) in [5, 5.41) is 0. The summed E-state index contributed by atoms with van der Waals surface area (Å²) in [5.41, 5.74) is 0. The normalized spacial score (nSPS) is 13.6. The summed E-state index contributed by atoms with van der Waals surface area (Å²) in [6.07, 6.45) is 33.2. The Morgan fingerprint density at radius 3 is 0.679 bits per heavy atom. The molecule has 0 aliphatic heterocycles. The first-order valence-electron chi connectivity index (χ1n) is 30.7. The minimum atomic E-state index is -4.43. The Morgan fingerprint density at radius 2 is 0.444 bits per heavy atom. The smallest absolute Gasteiger partial charge is 0.748 e. The van der Waals surface area contributed by atoms with E-state index in [4.69, 9.17) is 42.6 Å². The molecule has 470 valence electrons. The van der Waals surface area contributed by atoms with Gasteiger partial charge in [-0.15, -0.1) is 0 Å². The molecule has 0 saturated carbocycles. The minimum Gasteiger partial charge on any atom is -0.748 e. The van der Waals surface area contributed by atoms with Gasteiger partial charge in [0.1, 0.15) is 24.4 Å². The van der Waals surface area contributed by atoms with Crippen LogP contribution in [-0.4, -0.2) is 173 Å². The molecule has 0 aromatic carbocycles. The molecule has 3 atom stereocenters. The van der Waals surface area contributed by atoms with Crippen LogP contribution in [0.3, 0.4) is 0 Å². The molecular formula is C57H113Na3O18S3. The SMILES string of the molecule is CCCCCCCCCCCCOCC(COCC(COCC(COCCCCCCCCCCCC)OCCCS(=O)(=O)[O-])OCC(COCCCCCCCCCCCC)OCCCS(=O)(=O)[O-])OCCCS(=O)(=O)[O-].[Na+].[Na+].[Na+]. The minimum absolute atomic E-state index is 0. The standard InChI is InChI=1S/C57H116O18S3.3Na/c1-4-7-10-13-16-19-22-25-28-31-37-67-46-54(72-40-34-43-76(58,59)60)49-70-51-56(75-53-57(74-42-36-45-78(64,65)66)48-69-39-33-30-27-24-21-18-15-12-9-6-3)52-71-50-55(73-41-35-44-77(61,62)63)47-68-38-32-29-26-23-20-17-14-11-8-5-2;;;/h54-57H,4-53H2,1-3H3,(H,58,59,60)(H,61,62,63)(H,64,65,66);;;/q;3*+1/p-3. The van der Waals surface area contributed by atoms with E-state index in [0.717, 1.165) is 57.8 Å². The van der Waals surface area contributed by atoms with Crippen LogP contribution in [0.2, 0.25) is 0 Å². The van der Waals surface area contributed by atoms with E-state index in [-0.39, 0.29) is 181 Å². The van der Waals surface area contributed by atoms with Crippen molar-refractivity contribution in [3.8, 4) is 0 Å². The first-order valence-corrected chi connectivity index (χ1v) is 35.5. The molecule has 0 aliphatic rings. The summed E-state index contributed by atoms with van der Waals surface area (Å²) < 4.78 is 156. The second kappa shape index (κ2) is 65.3. The number of hydrogen-bond acceptors (Lipinski definition) is 18. The van der Waals surface area contributed by atoms with Crippen molar-refractivity contribution in [2.75, 3.05) is 110 Å². The first-order chi connectivity index (χ1) is 37.6. The molecule has 3 unspecified atom stereocenters. The van der Waals surface area contributed by atoms with Gasteiger partial charge in [0.15, 0.2) is 0 Å². The topological polar surface area (TPSA) is 255 Å². The Kier molecular flexibility index (Phi) is 72.4. The average molecular weight is 1250 g/mol. The molecule has 0 amide bonds. The van der Waals surface area contributed by atoms with Crippen LogP contribution in [0, 0.1) is 0 Å². The molecule has 18 nitrogen and oxygen atoms in total. The predicted molar refractivity (Wildman–Crippen MR) is 306 cm³/mol. The monoisotopic (exact) mass is 1250 g/mol. The molecule has 0 fully saturated rings. The number of unbranched alkanes of at least 4 members (excludes halogenated alkanes) is 27. The van der Waals surface area contributed by atoms with Gasteiger partial charge in [-0.3, -0.25) is 0 Å². The Morgan fingerprint density at radius 1 is 0.247 bits per heavy atom. The molecule has 0 rings (SSSR count). The molecule has 0 radical (unpaired) electrons. The second-order valence-electron chi connectivity index (χ2n) is 21.1. The predicted octanol–water partition coefficient (Wildman–Crippen LogP) is 2.19. The molecule has 0 aromatic heterocycles. The van der Waals surface area contributed by atoms with Crippen molar-refractivity contribution in [3.05, 3.63) is 0 Å². The quantitative estimate of drug-likeness (QED) is 0.0481. The van der Waals surface area contributed by atoms with Gasteiger partial charge in [0.05, 0.1) is 83.2 Å². The maximum Gasteiger partial charge on any atom is 1.00 e. The van der Waals surface area contributed by atoms with E-state index >= 15 is 0 Å². The van der Waals surface area contributed by atoms with Crippen LogP contribution in [0.15, 0.2) is 0 Å². The van der Waals surface area contributed by atoms with Gasteiger partial charge >= 0.3 is 88.7 Å². The molecule has 0 aromatic rings. The second-order valence-corrected chi connectivity index (χ2v) is 25.7. The molecule has 0 spiro atoms. The van der Waals surface area contributed by atoms with Crippen LogP contribution in [0.5, 0.6) is 0 Å². The van der Waals surface area contributed by atoms with Gasteiger partial charge < -0.3 is 56.3 Å². The molecule has 81 heavy (non-hydrogen) atoms. The first kappa shape index (κ1) is 89.8. The zero-order valence-electron chi connectivity index (χ0n) is 52.2. The van der Waals surface area contributed by atoms with Crippen LogP contribution >= 0.6 is 0 Å². The Balaban J connectivity index is -0.00000988. The largest absolute Gasteiger partial charge is 1.00 e. The van der Waals surface area contributed by atoms with Gasteiger partial charge in [-0.1, -0.05) is 194 Å².